The fourth-order valence-corrected chi connectivity index (χ4v) is 2.64. The van der Waals surface area contributed by atoms with E-state index in [4.69, 9.17) is 5.73 Å². The lowest BCUT2D eigenvalue weighted by Gasteiger charge is -2.33. The van der Waals surface area contributed by atoms with E-state index in [1.807, 2.05) is 10.9 Å². The van der Waals surface area contributed by atoms with Crippen molar-refractivity contribution in [3.8, 4) is 0 Å². The third-order valence-corrected chi connectivity index (χ3v) is 3.97. The first-order valence-electron chi connectivity index (χ1n) is 7.07. The first kappa shape index (κ1) is 13.6. The standard InChI is InChI=1S/C14H26N4/c1-11(2)18-10-13(8-16-18)9-17-6-4-14(5-7-17)12(3)15/h8,10-12,14H,4-7,9,15H2,1-3H3. The zero-order chi connectivity index (χ0) is 13.1. The number of aromatic nitrogens is 2. The van der Waals surface area contributed by atoms with Crippen LogP contribution in [0.15, 0.2) is 12.4 Å². The zero-order valence-corrected chi connectivity index (χ0v) is 11.8. The molecule has 0 spiro atoms. The maximum atomic E-state index is 5.97. The summed E-state index contributed by atoms with van der Waals surface area (Å²) in [6, 6.07) is 0.790. The van der Waals surface area contributed by atoms with Gasteiger partial charge in [0, 0.05) is 30.4 Å². The number of nitrogens with two attached hydrogens (primary N) is 1. The molecule has 2 heterocycles. The summed E-state index contributed by atoms with van der Waals surface area (Å²) in [5.41, 5.74) is 7.29. The van der Waals surface area contributed by atoms with E-state index < -0.39 is 0 Å². The lowest BCUT2D eigenvalue weighted by molar-refractivity contribution is 0.165. The second-order valence-corrected chi connectivity index (χ2v) is 5.90. The number of hydrogen-bond donors (Lipinski definition) is 1. The number of likely N-dealkylation sites (tertiary alicyclic amines) is 1. The maximum Gasteiger partial charge on any atom is 0.0534 e. The predicted molar refractivity (Wildman–Crippen MR) is 74.3 cm³/mol. The molecule has 1 atom stereocenters. The molecular weight excluding hydrogens is 224 g/mol. The Morgan fingerprint density at radius 1 is 1.33 bits per heavy atom. The van der Waals surface area contributed by atoms with Crippen molar-refractivity contribution in [2.45, 2.75) is 52.2 Å². The predicted octanol–water partition coefficient (Wildman–Crippen LogP) is 2.02. The van der Waals surface area contributed by atoms with Crippen LogP contribution in [-0.4, -0.2) is 33.8 Å². The van der Waals surface area contributed by atoms with Gasteiger partial charge in [-0.2, -0.15) is 5.10 Å². The zero-order valence-electron chi connectivity index (χ0n) is 11.8. The molecule has 4 nitrogen and oxygen atoms in total. The van der Waals surface area contributed by atoms with E-state index >= 15 is 0 Å². The van der Waals surface area contributed by atoms with Crippen molar-refractivity contribution in [3.05, 3.63) is 18.0 Å². The molecule has 1 aromatic heterocycles. The van der Waals surface area contributed by atoms with Gasteiger partial charge < -0.3 is 5.73 Å². The van der Waals surface area contributed by atoms with E-state index in [-0.39, 0.29) is 0 Å². The monoisotopic (exact) mass is 250 g/mol. The van der Waals surface area contributed by atoms with E-state index in [0.29, 0.717) is 18.0 Å². The van der Waals surface area contributed by atoms with Crippen LogP contribution in [0, 0.1) is 5.92 Å². The molecule has 0 aliphatic carbocycles. The maximum absolute atomic E-state index is 5.97. The van der Waals surface area contributed by atoms with Gasteiger partial charge in [0.05, 0.1) is 6.20 Å². The van der Waals surface area contributed by atoms with Crippen LogP contribution in [-0.2, 0) is 6.54 Å². The van der Waals surface area contributed by atoms with Crippen LogP contribution in [0.3, 0.4) is 0 Å². The summed E-state index contributed by atoms with van der Waals surface area (Å²) in [7, 11) is 0. The molecule has 1 fully saturated rings. The largest absolute Gasteiger partial charge is 0.328 e. The number of hydrogen-bond acceptors (Lipinski definition) is 3. The number of nitrogens with zero attached hydrogens (tertiary/aromatic N) is 3. The van der Waals surface area contributed by atoms with Crippen molar-refractivity contribution in [2.24, 2.45) is 11.7 Å². The number of rotatable bonds is 4. The minimum Gasteiger partial charge on any atom is -0.328 e. The second-order valence-electron chi connectivity index (χ2n) is 5.90. The van der Waals surface area contributed by atoms with E-state index in [9.17, 15) is 0 Å². The highest BCUT2D eigenvalue weighted by molar-refractivity contribution is 5.04. The first-order valence-corrected chi connectivity index (χ1v) is 7.07. The fourth-order valence-electron chi connectivity index (χ4n) is 2.64. The van der Waals surface area contributed by atoms with Crippen LogP contribution >= 0.6 is 0 Å². The Bertz CT molecular complexity index is 362. The lowest BCUT2D eigenvalue weighted by atomic mass is 9.91. The average molecular weight is 250 g/mol. The van der Waals surface area contributed by atoms with Crippen molar-refractivity contribution in [1.82, 2.24) is 14.7 Å². The highest BCUT2D eigenvalue weighted by Gasteiger charge is 2.21. The third kappa shape index (κ3) is 3.33. The van der Waals surface area contributed by atoms with Crippen molar-refractivity contribution in [1.29, 1.82) is 0 Å². The molecule has 102 valence electrons. The molecule has 0 aromatic carbocycles. The number of piperidine rings is 1. The molecule has 18 heavy (non-hydrogen) atoms. The van der Waals surface area contributed by atoms with E-state index in [1.54, 1.807) is 0 Å². The van der Waals surface area contributed by atoms with Crippen molar-refractivity contribution in [3.63, 3.8) is 0 Å². The van der Waals surface area contributed by atoms with Gasteiger partial charge in [-0.05, 0) is 52.6 Å². The second kappa shape index (κ2) is 5.85. The Labute approximate surface area is 110 Å². The Morgan fingerprint density at radius 3 is 2.50 bits per heavy atom. The van der Waals surface area contributed by atoms with Gasteiger partial charge in [0.2, 0.25) is 0 Å². The van der Waals surface area contributed by atoms with Gasteiger partial charge in [0.25, 0.3) is 0 Å². The van der Waals surface area contributed by atoms with Crippen LogP contribution in [0.25, 0.3) is 0 Å². The van der Waals surface area contributed by atoms with E-state index in [1.165, 1.54) is 31.5 Å². The molecule has 1 aliphatic heterocycles. The molecule has 0 radical (unpaired) electrons. The summed E-state index contributed by atoms with van der Waals surface area (Å²) in [6.07, 6.45) is 6.63. The molecule has 2 rings (SSSR count). The summed E-state index contributed by atoms with van der Waals surface area (Å²) in [6.45, 7) is 9.80. The molecule has 1 aliphatic rings. The van der Waals surface area contributed by atoms with E-state index in [0.717, 1.165) is 6.54 Å². The molecular formula is C14H26N4. The summed E-state index contributed by atoms with van der Waals surface area (Å²) in [5.74, 6) is 0.708. The van der Waals surface area contributed by atoms with Crippen molar-refractivity contribution in [2.75, 3.05) is 13.1 Å². The minimum absolute atomic E-state index is 0.343. The topological polar surface area (TPSA) is 47.1 Å². The normalized spacial score (nSPS) is 20.5. The molecule has 1 unspecified atom stereocenters. The van der Waals surface area contributed by atoms with E-state index in [2.05, 4.69) is 37.0 Å². The molecule has 4 heteroatoms. The molecule has 1 saturated heterocycles. The van der Waals surface area contributed by atoms with Gasteiger partial charge in [-0.3, -0.25) is 9.58 Å². The molecule has 0 bridgehead atoms. The molecule has 0 saturated carbocycles. The lowest BCUT2D eigenvalue weighted by Crippen LogP contribution is -2.39. The Balaban J connectivity index is 1.84. The van der Waals surface area contributed by atoms with Gasteiger partial charge in [-0.15, -0.1) is 0 Å². The van der Waals surface area contributed by atoms with Gasteiger partial charge >= 0.3 is 0 Å². The highest BCUT2D eigenvalue weighted by Crippen LogP contribution is 2.21. The molecule has 2 N–H and O–H groups in total. The third-order valence-electron chi connectivity index (χ3n) is 3.97. The van der Waals surface area contributed by atoms with Crippen LogP contribution in [0.5, 0.6) is 0 Å². The summed E-state index contributed by atoms with van der Waals surface area (Å²) >= 11 is 0. The molecule has 0 amide bonds. The molecule has 1 aromatic rings. The Kier molecular flexibility index (Phi) is 4.40. The summed E-state index contributed by atoms with van der Waals surface area (Å²) in [4.78, 5) is 2.51. The SMILES string of the molecule is CC(N)C1CCN(Cc2cnn(C(C)C)c2)CC1. The quantitative estimate of drug-likeness (QED) is 0.889. The highest BCUT2D eigenvalue weighted by atomic mass is 15.3. The van der Waals surface area contributed by atoms with Gasteiger partial charge in [-0.1, -0.05) is 0 Å². The smallest absolute Gasteiger partial charge is 0.0534 e. The minimum atomic E-state index is 0.343. The van der Waals surface area contributed by atoms with Gasteiger partial charge in [0.1, 0.15) is 0 Å². The Morgan fingerprint density at radius 2 is 2.00 bits per heavy atom. The van der Waals surface area contributed by atoms with Gasteiger partial charge in [-0.25, -0.2) is 0 Å². The first-order chi connectivity index (χ1) is 8.56. The van der Waals surface area contributed by atoms with Gasteiger partial charge in [0.15, 0.2) is 0 Å². The van der Waals surface area contributed by atoms with Crippen LogP contribution in [0.2, 0.25) is 0 Å². The average Bonchev–Trinajstić information content (AvgIpc) is 2.78. The van der Waals surface area contributed by atoms with Crippen LogP contribution < -0.4 is 5.73 Å². The summed E-state index contributed by atoms with van der Waals surface area (Å²) < 4.78 is 2.03. The van der Waals surface area contributed by atoms with Crippen LogP contribution in [0.4, 0.5) is 0 Å². The summed E-state index contributed by atoms with van der Waals surface area (Å²) in [5, 5.41) is 4.39. The van der Waals surface area contributed by atoms with Crippen LogP contribution in [0.1, 0.15) is 45.2 Å². The fraction of sp³-hybridized carbons (Fsp3) is 0.786. The van der Waals surface area contributed by atoms with Crippen molar-refractivity contribution < 1.29 is 0 Å². The van der Waals surface area contributed by atoms with Crippen molar-refractivity contribution >= 4 is 0 Å². The Hall–Kier alpha value is -0.870.